The van der Waals surface area contributed by atoms with Gasteiger partial charge in [0, 0.05) is 19.7 Å². The zero-order valence-electron chi connectivity index (χ0n) is 12.8. The highest BCUT2D eigenvalue weighted by atomic mass is 32.2. The molecular weight excluding hydrogens is 307 g/mol. The molecule has 0 bridgehead atoms. The van der Waals surface area contributed by atoms with Crippen LogP contribution in [0, 0.1) is 5.82 Å². The maximum Gasteiger partial charge on any atom is 0.213 e. The Labute approximate surface area is 131 Å². The van der Waals surface area contributed by atoms with Crippen molar-refractivity contribution in [1.29, 1.82) is 0 Å². The predicted octanol–water partition coefficient (Wildman–Crippen LogP) is 1.53. The van der Waals surface area contributed by atoms with Crippen LogP contribution in [0.2, 0.25) is 0 Å². The van der Waals surface area contributed by atoms with Crippen LogP contribution < -0.4 is 4.72 Å². The standard InChI is InChI=1S/C15H23FN2O3S/c1-21-10-11-22(19,20)17-12-15(18-8-2-3-9-18)13-4-6-14(16)7-5-13/h4-7,15,17H,2-3,8-12H2,1H3. The van der Waals surface area contributed by atoms with Crippen LogP contribution in [0.15, 0.2) is 24.3 Å². The van der Waals surface area contributed by atoms with Crippen LogP contribution in [-0.4, -0.2) is 52.4 Å². The van der Waals surface area contributed by atoms with E-state index in [0.717, 1.165) is 31.5 Å². The molecule has 1 aromatic carbocycles. The first-order chi connectivity index (χ1) is 10.5. The number of hydrogen-bond donors (Lipinski definition) is 1. The fourth-order valence-corrected chi connectivity index (χ4v) is 3.61. The molecule has 7 heteroatoms. The molecule has 124 valence electrons. The molecule has 1 aliphatic rings. The van der Waals surface area contributed by atoms with Crippen LogP contribution >= 0.6 is 0 Å². The van der Waals surface area contributed by atoms with Crippen LogP contribution in [-0.2, 0) is 14.8 Å². The van der Waals surface area contributed by atoms with E-state index in [9.17, 15) is 12.8 Å². The number of nitrogens with zero attached hydrogens (tertiary/aromatic N) is 1. The van der Waals surface area contributed by atoms with Gasteiger partial charge in [-0.1, -0.05) is 12.1 Å². The summed E-state index contributed by atoms with van der Waals surface area (Å²) in [7, 11) is -1.89. The van der Waals surface area contributed by atoms with Gasteiger partial charge in [-0.15, -0.1) is 0 Å². The van der Waals surface area contributed by atoms with Gasteiger partial charge in [-0.25, -0.2) is 17.5 Å². The van der Waals surface area contributed by atoms with Gasteiger partial charge < -0.3 is 4.74 Å². The highest BCUT2D eigenvalue weighted by Crippen LogP contribution is 2.25. The number of ether oxygens (including phenoxy) is 1. The smallest absolute Gasteiger partial charge is 0.213 e. The average molecular weight is 330 g/mol. The molecule has 1 aromatic rings. The monoisotopic (exact) mass is 330 g/mol. The molecular formula is C15H23FN2O3S. The minimum absolute atomic E-state index is 0.0559. The molecule has 1 unspecified atom stereocenters. The van der Waals surface area contributed by atoms with Crippen molar-refractivity contribution in [2.24, 2.45) is 0 Å². The summed E-state index contributed by atoms with van der Waals surface area (Å²) in [5.74, 6) is -0.343. The maximum atomic E-state index is 13.1. The summed E-state index contributed by atoms with van der Waals surface area (Å²) >= 11 is 0. The second kappa shape index (κ2) is 8.01. The van der Waals surface area contributed by atoms with Gasteiger partial charge in [0.1, 0.15) is 5.82 Å². The van der Waals surface area contributed by atoms with Crippen LogP contribution in [0.3, 0.4) is 0 Å². The Morgan fingerprint density at radius 3 is 2.50 bits per heavy atom. The Balaban J connectivity index is 2.06. The minimum atomic E-state index is -3.36. The molecule has 2 rings (SSSR count). The lowest BCUT2D eigenvalue weighted by molar-refractivity contribution is 0.216. The van der Waals surface area contributed by atoms with E-state index in [2.05, 4.69) is 9.62 Å². The fraction of sp³-hybridized carbons (Fsp3) is 0.600. The zero-order chi connectivity index (χ0) is 16.0. The lowest BCUT2D eigenvalue weighted by Gasteiger charge is -2.28. The SMILES string of the molecule is COCCS(=O)(=O)NCC(c1ccc(F)cc1)N1CCCC1. The number of benzene rings is 1. The van der Waals surface area contributed by atoms with Crippen molar-refractivity contribution in [3.63, 3.8) is 0 Å². The topological polar surface area (TPSA) is 58.6 Å². The molecule has 1 atom stereocenters. The Hall–Kier alpha value is -1.02. The third kappa shape index (κ3) is 5.01. The third-order valence-electron chi connectivity index (χ3n) is 3.89. The van der Waals surface area contributed by atoms with Gasteiger partial charge in [-0.05, 0) is 43.6 Å². The third-order valence-corrected chi connectivity index (χ3v) is 5.20. The molecule has 0 spiro atoms. The molecule has 1 heterocycles. The molecule has 1 fully saturated rings. The molecule has 1 N–H and O–H groups in total. The average Bonchev–Trinajstić information content (AvgIpc) is 3.01. The fourth-order valence-electron chi connectivity index (χ4n) is 2.67. The molecule has 5 nitrogen and oxygen atoms in total. The van der Waals surface area contributed by atoms with Gasteiger partial charge in [-0.2, -0.15) is 0 Å². The lowest BCUT2D eigenvalue weighted by atomic mass is 10.1. The largest absolute Gasteiger partial charge is 0.384 e. The Morgan fingerprint density at radius 1 is 1.27 bits per heavy atom. The molecule has 0 aromatic heterocycles. The number of methoxy groups -OCH3 is 1. The van der Waals surface area contributed by atoms with Gasteiger partial charge in [0.05, 0.1) is 12.4 Å². The first kappa shape index (κ1) is 17.3. The number of rotatable bonds is 8. The second-order valence-corrected chi connectivity index (χ2v) is 7.40. The zero-order valence-corrected chi connectivity index (χ0v) is 13.6. The Kier molecular flexibility index (Phi) is 6.31. The van der Waals surface area contributed by atoms with Crippen molar-refractivity contribution in [3.05, 3.63) is 35.6 Å². The first-order valence-corrected chi connectivity index (χ1v) is 9.13. The van der Waals surface area contributed by atoms with Crippen LogP contribution in [0.25, 0.3) is 0 Å². The van der Waals surface area contributed by atoms with E-state index in [4.69, 9.17) is 4.74 Å². The van der Waals surface area contributed by atoms with Gasteiger partial charge in [0.15, 0.2) is 0 Å². The van der Waals surface area contributed by atoms with E-state index in [-0.39, 0.29) is 30.8 Å². The van der Waals surface area contributed by atoms with Crippen LogP contribution in [0.1, 0.15) is 24.4 Å². The van der Waals surface area contributed by atoms with Gasteiger partial charge in [0.25, 0.3) is 0 Å². The maximum absolute atomic E-state index is 13.1. The van der Waals surface area contributed by atoms with E-state index in [1.165, 1.54) is 19.2 Å². The van der Waals surface area contributed by atoms with Crippen LogP contribution in [0.4, 0.5) is 4.39 Å². The summed E-state index contributed by atoms with van der Waals surface area (Å²) in [6, 6.07) is 6.21. The van der Waals surface area contributed by atoms with Crippen LogP contribution in [0.5, 0.6) is 0 Å². The van der Waals surface area contributed by atoms with Gasteiger partial charge in [0.2, 0.25) is 10.0 Å². The highest BCUT2D eigenvalue weighted by Gasteiger charge is 2.25. The predicted molar refractivity (Wildman–Crippen MR) is 83.6 cm³/mol. The van der Waals surface area contributed by atoms with E-state index >= 15 is 0 Å². The molecule has 0 saturated carbocycles. The lowest BCUT2D eigenvalue weighted by Crippen LogP contribution is -2.38. The number of likely N-dealkylation sites (tertiary alicyclic amines) is 1. The van der Waals surface area contributed by atoms with E-state index in [0.29, 0.717) is 0 Å². The minimum Gasteiger partial charge on any atom is -0.384 e. The molecule has 1 saturated heterocycles. The summed E-state index contributed by atoms with van der Waals surface area (Å²) in [4.78, 5) is 2.24. The number of halogens is 1. The van der Waals surface area contributed by atoms with E-state index in [1.54, 1.807) is 12.1 Å². The van der Waals surface area contributed by atoms with Gasteiger partial charge in [-0.3, -0.25) is 4.90 Å². The molecule has 22 heavy (non-hydrogen) atoms. The van der Waals surface area contributed by atoms with E-state index < -0.39 is 10.0 Å². The summed E-state index contributed by atoms with van der Waals surface area (Å²) in [6.07, 6.45) is 2.21. The van der Waals surface area contributed by atoms with Crippen molar-refractivity contribution in [3.8, 4) is 0 Å². The van der Waals surface area contributed by atoms with Gasteiger partial charge >= 0.3 is 0 Å². The molecule has 0 amide bonds. The molecule has 1 aliphatic heterocycles. The first-order valence-electron chi connectivity index (χ1n) is 7.47. The Bertz CT molecular complexity index is 557. The number of hydrogen-bond acceptors (Lipinski definition) is 4. The highest BCUT2D eigenvalue weighted by molar-refractivity contribution is 7.89. The number of nitrogens with one attached hydrogen (secondary N) is 1. The van der Waals surface area contributed by atoms with E-state index in [1.807, 2.05) is 0 Å². The summed E-state index contributed by atoms with van der Waals surface area (Å²) in [5, 5.41) is 0. The second-order valence-electron chi connectivity index (χ2n) is 5.47. The molecule has 0 aliphatic carbocycles. The molecule has 0 radical (unpaired) electrons. The normalized spacial score (nSPS) is 17.7. The van der Waals surface area contributed by atoms with Crippen molar-refractivity contribution < 1.29 is 17.5 Å². The van der Waals surface area contributed by atoms with Crippen molar-refractivity contribution in [1.82, 2.24) is 9.62 Å². The van der Waals surface area contributed by atoms with Crippen molar-refractivity contribution >= 4 is 10.0 Å². The van der Waals surface area contributed by atoms with Crippen molar-refractivity contribution in [2.75, 3.05) is 39.1 Å². The summed E-state index contributed by atoms with van der Waals surface area (Å²) in [5.41, 5.74) is 0.928. The summed E-state index contributed by atoms with van der Waals surface area (Å²) in [6.45, 7) is 2.32. The summed E-state index contributed by atoms with van der Waals surface area (Å²) < 4.78 is 44.4. The number of sulfonamides is 1. The Morgan fingerprint density at radius 2 is 1.91 bits per heavy atom. The van der Waals surface area contributed by atoms with Crippen molar-refractivity contribution in [2.45, 2.75) is 18.9 Å². The quantitative estimate of drug-likeness (QED) is 0.785.